The second kappa shape index (κ2) is 7.03. The lowest BCUT2D eigenvalue weighted by Crippen LogP contribution is -2.13. The molecule has 126 valence electrons. The van der Waals surface area contributed by atoms with Crippen LogP contribution in [0.25, 0.3) is 6.08 Å². The molecule has 0 atom stereocenters. The van der Waals surface area contributed by atoms with Crippen LogP contribution in [0.4, 0.5) is 5.69 Å². The van der Waals surface area contributed by atoms with Gasteiger partial charge in [-0.05, 0) is 30.5 Å². The molecule has 1 saturated heterocycles. The van der Waals surface area contributed by atoms with Crippen LogP contribution in [0.5, 0.6) is 0 Å². The van der Waals surface area contributed by atoms with Crippen molar-refractivity contribution in [2.75, 3.05) is 25.1 Å². The number of hydrogen-bond acceptors (Lipinski definition) is 3. The highest BCUT2D eigenvalue weighted by Crippen LogP contribution is 2.26. The van der Waals surface area contributed by atoms with Crippen LogP contribution in [0.15, 0.2) is 59.1 Å². The van der Waals surface area contributed by atoms with Gasteiger partial charge < -0.3 is 10.1 Å². The van der Waals surface area contributed by atoms with E-state index >= 15 is 0 Å². The summed E-state index contributed by atoms with van der Waals surface area (Å²) in [4.78, 5) is 16.5. The standard InChI is InChI=1S/C21H20N2O2/c24-20-14-22-21(17-4-2-1-3-5-17)18-13-16(6-7-19(18)23-20)12-15-8-10-25-11-9-15/h1-7,12-13H,8-11,14H2,(H,23,24). The van der Waals surface area contributed by atoms with Crippen molar-refractivity contribution in [1.82, 2.24) is 0 Å². The van der Waals surface area contributed by atoms with Crippen molar-refractivity contribution in [2.24, 2.45) is 4.99 Å². The summed E-state index contributed by atoms with van der Waals surface area (Å²) in [6, 6.07) is 16.2. The second-order valence-electron chi connectivity index (χ2n) is 6.30. The Kier molecular flexibility index (Phi) is 4.44. The summed E-state index contributed by atoms with van der Waals surface area (Å²) in [5.41, 5.74) is 6.22. The van der Waals surface area contributed by atoms with Crippen LogP contribution in [0.2, 0.25) is 0 Å². The number of fused-ring (bicyclic) bond motifs is 1. The number of benzodiazepines with no additional fused rings is 1. The summed E-state index contributed by atoms with van der Waals surface area (Å²) in [5.74, 6) is -0.0808. The van der Waals surface area contributed by atoms with E-state index in [0.29, 0.717) is 0 Å². The van der Waals surface area contributed by atoms with E-state index in [1.165, 1.54) is 5.57 Å². The summed E-state index contributed by atoms with van der Waals surface area (Å²) in [6.07, 6.45) is 4.19. The summed E-state index contributed by atoms with van der Waals surface area (Å²) in [5, 5.41) is 2.96. The Morgan fingerprint density at radius 3 is 2.64 bits per heavy atom. The minimum atomic E-state index is -0.0808. The minimum Gasteiger partial charge on any atom is -0.381 e. The van der Waals surface area contributed by atoms with E-state index in [0.717, 1.165) is 54.1 Å². The highest BCUT2D eigenvalue weighted by Gasteiger charge is 2.18. The first-order valence-corrected chi connectivity index (χ1v) is 8.61. The van der Waals surface area contributed by atoms with Crippen LogP contribution in [-0.4, -0.2) is 31.4 Å². The van der Waals surface area contributed by atoms with Gasteiger partial charge in [-0.3, -0.25) is 9.79 Å². The van der Waals surface area contributed by atoms with Gasteiger partial charge in [0.25, 0.3) is 0 Å². The third-order valence-corrected chi connectivity index (χ3v) is 4.51. The molecule has 0 bridgehead atoms. The lowest BCUT2D eigenvalue weighted by molar-refractivity contribution is -0.114. The van der Waals surface area contributed by atoms with E-state index in [2.05, 4.69) is 28.5 Å². The van der Waals surface area contributed by atoms with Gasteiger partial charge in [-0.25, -0.2) is 0 Å². The van der Waals surface area contributed by atoms with Gasteiger partial charge in [0.15, 0.2) is 0 Å². The van der Waals surface area contributed by atoms with Gasteiger partial charge in [-0.15, -0.1) is 0 Å². The first kappa shape index (κ1) is 15.8. The van der Waals surface area contributed by atoms with E-state index in [1.54, 1.807) is 0 Å². The van der Waals surface area contributed by atoms with E-state index < -0.39 is 0 Å². The molecule has 2 aromatic rings. The van der Waals surface area contributed by atoms with Gasteiger partial charge in [0.2, 0.25) is 5.91 Å². The number of ether oxygens (including phenoxy) is 1. The smallest absolute Gasteiger partial charge is 0.246 e. The fourth-order valence-corrected chi connectivity index (χ4v) is 3.24. The van der Waals surface area contributed by atoms with E-state index in [-0.39, 0.29) is 12.5 Å². The van der Waals surface area contributed by atoms with E-state index in [9.17, 15) is 4.79 Å². The molecule has 1 fully saturated rings. The van der Waals surface area contributed by atoms with Gasteiger partial charge in [0.1, 0.15) is 6.54 Å². The first-order valence-electron chi connectivity index (χ1n) is 8.61. The normalized spacial score (nSPS) is 17.2. The molecule has 2 aromatic carbocycles. The molecule has 4 heteroatoms. The van der Waals surface area contributed by atoms with Crippen LogP contribution >= 0.6 is 0 Å². The SMILES string of the molecule is O=C1CN=C(c2ccccc2)c2cc(C=C3CCOCC3)ccc2N1. The Labute approximate surface area is 147 Å². The Balaban J connectivity index is 1.77. The topological polar surface area (TPSA) is 50.7 Å². The van der Waals surface area contributed by atoms with Gasteiger partial charge in [0, 0.05) is 11.1 Å². The third-order valence-electron chi connectivity index (χ3n) is 4.51. The summed E-state index contributed by atoms with van der Waals surface area (Å²) in [7, 11) is 0. The molecule has 0 unspecified atom stereocenters. The fraction of sp³-hybridized carbons (Fsp3) is 0.238. The molecule has 2 aliphatic rings. The number of aliphatic imine (C=N–C) groups is 1. The zero-order valence-corrected chi connectivity index (χ0v) is 14.0. The quantitative estimate of drug-likeness (QED) is 0.912. The summed E-state index contributed by atoms with van der Waals surface area (Å²) in [6.45, 7) is 1.74. The van der Waals surface area contributed by atoms with Gasteiger partial charge in [-0.1, -0.05) is 48.0 Å². The molecule has 1 amide bonds. The zero-order chi connectivity index (χ0) is 17.1. The molecule has 0 spiro atoms. The average molecular weight is 332 g/mol. The Bertz CT molecular complexity index is 845. The highest BCUT2D eigenvalue weighted by atomic mass is 16.5. The van der Waals surface area contributed by atoms with E-state index in [4.69, 9.17) is 4.74 Å². The van der Waals surface area contributed by atoms with Crippen molar-refractivity contribution >= 4 is 23.4 Å². The Morgan fingerprint density at radius 1 is 1.04 bits per heavy atom. The molecular formula is C21H20N2O2. The molecule has 2 heterocycles. The predicted octanol–water partition coefficient (Wildman–Crippen LogP) is 3.67. The molecule has 4 rings (SSSR count). The van der Waals surface area contributed by atoms with Crippen molar-refractivity contribution in [3.63, 3.8) is 0 Å². The minimum absolute atomic E-state index is 0.0808. The molecule has 0 saturated carbocycles. The highest BCUT2D eigenvalue weighted by molar-refractivity contribution is 6.19. The first-order chi connectivity index (χ1) is 12.3. The van der Waals surface area contributed by atoms with Crippen LogP contribution in [0, 0.1) is 0 Å². The largest absolute Gasteiger partial charge is 0.381 e. The number of anilines is 1. The van der Waals surface area contributed by atoms with Gasteiger partial charge >= 0.3 is 0 Å². The number of amides is 1. The molecule has 0 aliphatic carbocycles. The second-order valence-corrected chi connectivity index (χ2v) is 6.30. The molecule has 25 heavy (non-hydrogen) atoms. The van der Waals surface area contributed by atoms with Crippen molar-refractivity contribution in [3.8, 4) is 0 Å². The number of nitrogens with zero attached hydrogens (tertiary/aromatic N) is 1. The fourth-order valence-electron chi connectivity index (χ4n) is 3.24. The lowest BCUT2D eigenvalue weighted by Gasteiger charge is -2.15. The van der Waals surface area contributed by atoms with Crippen LogP contribution in [0.1, 0.15) is 29.5 Å². The predicted molar refractivity (Wildman–Crippen MR) is 100 cm³/mol. The maximum absolute atomic E-state index is 12.0. The van der Waals surface area contributed by atoms with Crippen LogP contribution in [0.3, 0.4) is 0 Å². The van der Waals surface area contributed by atoms with Crippen LogP contribution in [-0.2, 0) is 9.53 Å². The maximum Gasteiger partial charge on any atom is 0.246 e. The average Bonchev–Trinajstić information content (AvgIpc) is 2.81. The molecular weight excluding hydrogens is 312 g/mol. The lowest BCUT2D eigenvalue weighted by atomic mass is 9.97. The maximum atomic E-state index is 12.0. The molecule has 1 N–H and O–H groups in total. The Hall–Kier alpha value is -2.72. The molecule has 0 aromatic heterocycles. The number of carbonyl (C=O) groups excluding carboxylic acids is 1. The van der Waals surface area contributed by atoms with Crippen LogP contribution < -0.4 is 5.32 Å². The third kappa shape index (κ3) is 3.54. The van der Waals surface area contributed by atoms with Crippen molar-refractivity contribution < 1.29 is 9.53 Å². The molecule has 4 nitrogen and oxygen atoms in total. The summed E-state index contributed by atoms with van der Waals surface area (Å²) < 4.78 is 5.42. The number of nitrogens with one attached hydrogen (secondary N) is 1. The van der Waals surface area contributed by atoms with Gasteiger partial charge in [-0.2, -0.15) is 0 Å². The van der Waals surface area contributed by atoms with Crippen molar-refractivity contribution in [3.05, 3.63) is 70.8 Å². The monoisotopic (exact) mass is 332 g/mol. The Morgan fingerprint density at radius 2 is 1.84 bits per heavy atom. The number of benzene rings is 2. The summed E-state index contributed by atoms with van der Waals surface area (Å²) >= 11 is 0. The number of rotatable bonds is 2. The van der Waals surface area contributed by atoms with Crippen molar-refractivity contribution in [2.45, 2.75) is 12.8 Å². The molecule has 2 aliphatic heterocycles. The van der Waals surface area contributed by atoms with E-state index in [1.807, 2.05) is 36.4 Å². The number of carbonyl (C=O) groups is 1. The molecule has 0 radical (unpaired) electrons. The van der Waals surface area contributed by atoms with Crippen molar-refractivity contribution in [1.29, 1.82) is 0 Å². The zero-order valence-electron chi connectivity index (χ0n) is 14.0. The van der Waals surface area contributed by atoms with Gasteiger partial charge in [0.05, 0.1) is 24.6 Å². The number of hydrogen-bond donors (Lipinski definition) is 1.